The Hall–Kier alpha value is -3.42. The average molecular weight is 746 g/mol. The smallest absolute Gasteiger partial charge is 0.364 e. The molecule has 1 aromatic heterocycles. The summed E-state index contributed by atoms with van der Waals surface area (Å²) < 4.78 is 70.1. The van der Waals surface area contributed by atoms with Crippen molar-refractivity contribution in [3.63, 3.8) is 0 Å². The van der Waals surface area contributed by atoms with Gasteiger partial charge >= 0.3 is 6.18 Å². The summed E-state index contributed by atoms with van der Waals surface area (Å²) in [4.78, 5) is 33.5. The van der Waals surface area contributed by atoms with Crippen LogP contribution in [0.5, 0.6) is 0 Å². The van der Waals surface area contributed by atoms with Gasteiger partial charge in [0, 0.05) is 14.7 Å². The third-order valence-electron chi connectivity index (χ3n) is 9.37. The van der Waals surface area contributed by atoms with Crippen molar-refractivity contribution in [3.05, 3.63) is 65.0 Å². The largest absolute Gasteiger partial charge is 0.414 e. The molecule has 1 aliphatic heterocycles. The number of amides is 2. The molecule has 2 aromatic carbocycles. The molecule has 0 saturated heterocycles. The standard InChI is InChI=1S/C36H46F3N5O5SSi/c1-22(49-23(2)36(37,38)39)29(42-50(47)34(3,4)5)31-41-27-14-13-24(19-28(27)43(31)21-48-17-18-51(6,7)8)30(35(20-40)15-16-35)44-32(45)25-11-9-10-12-26(25)33(44)46/h9-14,19,22-23,29-30,42H,15-18,21H2,1-8H3/t22-,23-,29+,30+,50-/m1/s1. The molecule has 5 rings (SSSR count). The van der Waals surface area contributed by atoms with Gasteiger partial charge in [0.2, 0.25) is 0 Å². The van der Waals surface area contributed by atoms with E-state index in [0.717, 1.165) is 13.0 Å². The van der Waals surface area contributed by atoms with Crippen LogP contribution in [0.25, 0.3) is 11.0 Å². The van der Waals surface area contributed by atoms with Gasteiger partial charge in [-0.3, -0.25) is 14.5 Å². The summed E-state index contributed by atoms with van der Waals surface area (Å²) in [5.74, 6) is -0.720. The number of halogens is 3. The third kappa shape index (κ3) is 8.15. The summed E-state index contributed by atoms with van der Waals surface area (Å²) in [7, 11) is -3.23. The molecule has 1 aliphatic carbocycles. The number of carbonyl (C=O) groups excluding carboxylic acids is 2. The monoisotopic (exact) mass is 745 g/mol. The number of hydrogen-bond donors (Lipinski definition) is 1. The van der Waals surface area contributed by atoms with Crippen LogP contribution >= 0.6 is 0 Å². The van der Waals surface area contributed by atoms with Crippen molar-refractivity contribution in [2.24, 2.45) is 5.41 Å². The average Bonchev–Trinajstić information content (AvgIpc) is 3.69. The number of aromatic nitrogens is 2. The number of imidazole rings is 1. The van der Waals surface area contributed by atoms with Crippen molar-refractivity contribution in [2.45, 2.75) is 115 Å². The lowest BCUT2D eigenvalue weighted by Crippen LogP contribution is -2.43. The molecule has 10 nitrogen and oxygen atoms in total. The lowest BCUT2D eigenvalue weighted by molar-refractivity contribution is -0.227. The van der Waals surface area contributed by atoms with Crippen molar-refractivity contribution in [1.82, 2.24) is 19.2 Å². The molecular formula is C36H46F3N5O5SSi. The number of ether oxygens (including phenoxy) is 2. The zero-order valence-electron chi connectivity index (χ0n) is 30.3. The summed E-state index contributed by atoms with van der Waals surface area (Å²) in [6.45, 7) is 14.7. The highest BCUT2D eigenvalue weighted by Gasteiger charge is 2.57. The number of hydrogen-bond acceptors (Lipinski definition) is 7. The SMILES string of the molecule is C[C@@H](O[C@H](C)C(F)(F)F)[C@H](N[S@](=O)C(C)(C)C)c1nc2ccc([C@H](N3C(=O)c4ccccc4C3=O)C3(C#N)CC3)cc2n1COCC[Si](C)(C)C. The zero-order valence-corrected chi connectivity index (χ0v) is 32.1. The topological polar surface area (TPSA) is 127 Å². The molecule has 1 fully saturated rings. The number of nitrogens with one attached hydrogen (secondary N) is 1. The maximum atomic E-state index is 13.7. The molecule has 0 unspecified atom stereocenters. The van der Waals surface area contributed by atoms with E-state index in [4.69, 9.17) is 14.5 Å². The van der Waals surface area contributed by atoms with Gasteiger partial charge in [0.1, 0.15) is 18.6 Å². The third-order valence-corrected chi connectivity index (χ3v) is 12.7. The summed E-state index contributed by atoms with van der Waals surface area (Å²) in [6, 6.07) is 13.0. The highest BCUT2D eigenvalue weighted by Crippen LogP contribution is 2.58. The zero-order chi connectivity index (χ0) is 37.7. The van der Waals surface area contributed by atoms with Gasteiger partial charge in [0.25, 0.3) is 11.8 Å². The predicted molar refractivity (Wildman–Crippen MR) is 191 cm³/mol. The van der Waals surface area contributed by atoms with Gasteiger partial charge in [-0.25, -0.2) is 13.9 Å². The van der Waals surface area contributed by atoms with Gasteiger partial charge in [-0.2, -0.15) is 18.4 Å². The van der Waals surface area contributed by atoms with Gasteiger partial charge in [-0.15, -0.1) is 0 Å². The van der Waals surface area contributed by atoms with Crippen molar-refractivity contribution in [1.29, 1.82) is 5.26 Å². The molecule has 1 N–H and O–H groups in total. The van der Waals surface area contributed by atoms with Crippen LogP contribution in [0.1, 0.15) is 91.6 Å². The quantitative estimate of drug-likeness (QED) is 0.103. The number of alkyl halides is 3. The molecule has 276 valence electrons. The lowest BCUT2D eigenvalue weighted by Gasteiger charge is -2.31. The number of nitriles is 1. The molecule has 5 atom stereocenters. The van der Waals surface area contributed by atoms with E-state index in [1.165, 1.54) is 11.8 Å². The first-order chi connectivity index (χ1) is 23.7. The van der Waals surface area contributed by atoms with Crippen molar-refractivity contribution in [3.8, 4) is 6.07 Å². The Morgan fingerprint density at radius 1 is 1.06 bits per heavy atom. The second-order valence-electron chi connectivity index (χ2n) is 15.7. The van der Waals surface area contributed by atoms with Crippen LogP contribution < -0.4 is 4.72 Å². The van der Waals surface area contributed by atoms with Gasteiger partial charge in [-0.05, 0) is 83.3 Å². The number of benzene rings is 2. The first-order valence-corrected chi connectivity index (χ1v) is 21.9. The Labute approximate surface area is 300 Å². The Morgan fingerprint density at radius 2 is 1.67 bits per heavy atom. The predicted octanol–water partition coefficient (Wildman–Crippen LogP) is 7.44. The van der Waals surface area contributed by atoms with Crippen molar-refractivity contribution < 1.29 is 36.4 Å². The second-order valence-corrected chi connectivity index (χ2v) is 23.3. The van der Waals surface area contributed by atoms with Crippen LogP contribution in [0, 0.1) is 16.7 Å². The highest BCUT2D eigenvalue weighted by molar-refractivity contribution is 7.84. The molecular weight excluding hydrogens is 700 g/mol. The lowest BCUT2D eigenvalue weighted by atomic mass is 9.89. The fourth-order valence-corrected chi connectivity index (χ4v) is 7.74. The molecule has 1 saturated carbocycles. The first-order valence-electron chi connectivity index (χ1n) is 17.0. The maximum Gasteiger partial charge on any atom is 0.414 e. The fourth-order valence-electron chi connectivity index (χ4n) is 6.10. The van der Waals surface area contributed by atoms with Crippen LogP contribution in [0.2, 0.25) is 25.7 Å². The van der Waals surface area contributed by atoms with E-state index in [1.54, 1.807) is 67.8 Å². The summed E-state index contributed by atoms with van der Waals surface area (Å²) in [5.41, 5.74) is 1.04. The van der Waals surface area contributed by atoms with Crippen LogP contribution in [0.15, 0.2) is 42.5 Å². The Morgan fingerprint density at radius 3 is 2.18 bits per heavy atom. The molecule has 2 aliphatic rings. The highest BCUT2D eigenvalue weighted by atomic mass is 32.2. The van der Waals surface area contributed by atoms with Crippen LogP contribution in [-0.2, 0) is 27.2 Å². The molecule has 3 aromatic rings. The van der Waals surface area contributed by atoms with Crippen LogP contribution in [0.3, 0.4) is 0 Å². The van der Waals surface area contributed by atoms with Crippen molar-refractivity contribution >= 4 is 41.9 Å². The minimum Gasteiger partial charge on any atom is -0.364 e. The van der Waals surface area contributed by atoms with Gasteiger partial charge in [0.05, 0.1) is 61.5 Å². The molecule has 0 spiro atoms. The second kappa shape index (κ2) is 14.2. The van der Waals surface area contributed by atoms with Crippen LogP contribution in [0.4, 0.5) is 13.2 Å². The Bertz CT molecular complexity index is 1840. The van der Waals surface area contributed by atoms with Gasteiger partial charge in [0.15, 0.2) is 6.10 Å². The number of nitrogens with zero attached hydrogens (tertiary/aromatic N) is 4. The molecule has 0 radical (unpaired) electrons. The van der Waals surface area contributed by atoms with E-state index < -0.39 is 71.5 Å². The summed E-state index contributed by atoms with van der Waals surface area (Å²) in [5, 5.41) is 10.4. The molecule has 2 heterocycles. The molecule has 0 bridgehead atoms. The Balaban J connectivity index is 1.65. The van der Waals surface area contributed by atoms with E-state index in [1.807, 2.05) is 0 Å². The van der Waals surface area contributed by atoms with E-state index in [9.17, 15) is 32.2 Å². The summed E-state index contributed by atoms with van der Waals surface area (Å²) in [6.07, 6.45) is -6.92. The molecule has 15 heteroatoms. The number of carbonyl (C=O) groups is 2. The fraction of sp³-hybridized carbons (Fsp3) is 0.556. The minimum atomic E-state index is -4.63. The minimum absolute atomic E-state index is 0.0390. The van der Waals surface area contributed by atoms with E-state index in [0.29, 0.717) is 36.0 Å². The van der Waals surface area contributed by atoms with E-state index in [2.05, 4.69) is 30.4 Å². The van der Waals surface area contributed by atoms with Gasteiger partial charge in [-0.1, -0.05) is 37.8 Å². The van der Waals surface area contributed by atoms with Crippen molar-refractivity contribution in [2.75, 3.05) is 6.61 Å². The molecule has 2 amide bonds. The maximum absolute atomic E-state index is 13.7. The number of imide groups is 1. The molecule has 51 heavy (non-hydrogen) atoms. The van der Waals surface area contributed by atoms with E-state index in [-0.39, 0.29) is 23.7 Å². The first kappa shape index (κ1) is 38.8. The number of rotatable bonds is 14. The number of fused-ring (bicyclic) bond motifs is 2. The van der Waals surface area contributed by atoms with Crippen LogP contribution in [-0.4, -0.2) is 68.3 Å². The Kier molecular flexibility index (Phi) is 10.8. The normalized spacial score (nSPS) is 19.1. The van der Waals surface area contributed by atoms with Gasteiger partial charge < -0.3 is 14.0 Å². The van der Waals surface area contributed by atoms with E-state index >= 15 is 0 Å². The summed E-state index contributed by atoms with van der Waals surface area (Å²) >= 11 is 0.